The van der Waals surface area contributed by atoms with Crippen LogP contribution in [0.3, 0.4) is 0 Å². The van der Waals surface area contributed by atoms with Gasteiger partial charge in [-0.3, -0.25) is 14.4 Å². The molecule has 2 aromatic carbocycles. The molecule has 1 aliphatic heterocycles. The summed E-state index contributed by atoms with van der Waals surface area (Å²) in [5.41, 5.74) is 3.59. The molecule has 7 heteroatoms. The summed E-state index contributed by atoms with van der Waals surface area (Å²) in [5, 5.41) is 5.72. The molecule has 29 heavy (non-hydrogen) atoms. The van der Waals surface area contributed by atoms with Crippen molar-refractivity contribution in [2.75, 3.05) is 22.1 Å². The molecule has 0 saturated heterocycles. The van der Waals surface area contributed by atoms with Crippen molar-refractivity contribution in [2.24, 2.45) is 5.92 Å². The van der Waals surface area contributed by atoms with Gasteiger partial charge in [0.1, 0.15) is 0 Å². The zero-order valence-corrected chi connectivity index (χ0v) is 16.9. The quantitative estimate of drug-likeness (QED) is 0.751. The zero-order valence-electron chi connectivity index (χ0n) is 16.1. The van der Waals surface area contributed by atoms with Crippen LogP contribution in [-0.2, 0) is 20.8 Å². The number of amides is 3. The second-order valence-corrected chi connectivity index (χ2v) is 7.94. The molecule has 2 aromatic rings. The second kappa shape index (κ2) is 7.87. The minimum atomic E-state index is -0.779. The number of fused-ring (bicyclic) bond motifs is 1. The van der Waals surface area contributed by atoms with Crippen LogP contribution in [0.4, 0.5) is 17.1 Å². The lowest BCUT2D eigenvalue weighted by Crippen LogP contribution is -2.36. The van der Waals surface area contributed by atoms with Crippen molar-refractivity contribution in [2.45, 2.75) is 32.6 Å². The summed E-state index contributed by atoms with van der Waals surface area (Å²) in [6.45, 7) is 2.46. The van der Waals surface area contributed by atoms with E-state index >= 15 is 0 Å². The first-order chi connectivity index (χ1) is 13.9. The Kier molecular flexibility index (Phi) is 5.28. The van der Waals surface area contributed by atoms with Crippen LogP contribution in [0.15, 0.2) is 36.4 Å². The van der Waals surface area contributed by atoms with Gasteiger partial charge >= 0.3 is 11.8 Å². The summed E-state index contributed by atoms with van der Waals surface area (Å²) in [5.74, 6) is -1.27. The minimum Gasteiger partial charge on any atom is -0.318 e. The van der Waals surface area contributed by atoms with Crippen LogP contribution >= 0.6 is 11.6 Å². The Balaban J connectivity index is 1.48. The molecule has 6 nitrogen and oxygen atoms in total. The van der Waals surface area contributed by atoms with E-state index in [1.54, 1.807) is 37.3 Å². The number of aryl methyl sites for hydroxylation is 1. The van der Waals surface area contributed by atoms with Gasteiger partial charge < -0.3 is 15.5 Å². The van der Waals surface area contributed by atoms with Gasteiger partial charge in [0.25, 0.3) is 0 Å². The lowest BCUT2D eigenvalue weighted by molar-refractivity contribution is -0.133. The molecule has 1 heterocycles. The average Bonchev–Trinajstić information content (AvgIpc) is 3.55. The molecule has 0 unspecified atom stereocenters. The van der Waals surface area contributed by atoms with Gasteiger partial charge in [-0.15, -0.1) is 0 Å². The third-order valence-electron chi connectivity index (χ3n) is 5.38. The molecule has 0 aromatic heterocycles. The molecular weight excluding hydrogens is 390 g/mol. The number of anilines is 3. The molecule has 150 valence electrons. The van der Waals surface area contributed by atoms with Gasteiger partial charge in [0.05, 0.1) is 0 Å². The largest absolute Gasteiger partial charge is 0.318 e. The molecule has 3 amide bonds. The van der Waals surface area contributed by atoms with Crippen LogP contribution in [0.25, 0.3) is 0 Å². The first-order valence-corrected chi connectivity index (χ1v) is 10.1. The lowest BCUT2D eigenvalue weighted by Gasteiger charge is -2.30. The number of nitrogens with zero attached hydrogens (tertiary/aromatic N) is 1. The molecule has 2 N–H and O–H groups in total. The third-order valence-corrected chi connectivity index (χ3v) is 5.79. The van der Waals surface area contributed by atoms with Crippen molar-refractivity contribution < 1.29 is 14.4 Å². The van der Waals surface area contributed by atoms with Crippen LogP contribution in [0, 0.1) is 12.8 Å². The Morgan fingerprint density at radius 1 is 1.07 bits per heavy atom. The van der Waals surface area contributed by atoms with Gasteiger partial charge in [-0.25, -0.2) is 0 Å². The fourth-order valence-corrected chi connectivity index (χ4v) is 3.72. The Labute approximate surface area is 174 Å². The average molecular weight is 412 g/mol. The number of rotatable bonds is 3. The standard InChI is InChI=1S/C22H22ClN3O3/c1-13-17(23)5-2-6-18(13)25-21(28)20(27)24-16-10-9-14-4-3-11-26(19(14)12-16)22(29)15-7-8-15/h2,5-6,9-10,12,15H,3-4,7-8,11H2,1H3,(H,24,27)(H,25,28). The van der Waals surface area contributed by atoms with Crippen molar-refractivity contribution in [3.8, 4) is 0 Å². The SMILES string of the molecule is Cc1c(Cl)cccc1NC(=O)C(=O)Nc1ccc2c(c1)N(C(=O)C1CC1)CCC2. The van der Waals surface area contributed by atoms with Crippen LogP contribution in [0.1, 0.15) is 30.4 Å². The second-order valence-electron chi connectivity index (χ2n) is 7.53. The number of nitrogens with one attached hydrogen (secondary N) is 2. The van der Waals surface area contributed by atoms with E-state index in [0.717, 1.165) is 36.9 Å². The molecule has 0 spiro atoms. The summed E-state index contributed by atoms with van der Waals surface area (Å²) >= 11 is 6.06. The first kappa shape index (κ1) is 19.5. The van der Waals surface area contributed by atoms with E-state index in [1.807, 2.05) is 11.0 Å². The van der Waals surface area contributed by atoms with E-state index in [1.165, 1.54) is 0 Å². The van der Waals surface area contributed by atoms with E-state index in [0.29, 0.717) is 28.5 Å². The van der Waals surface area contributed by atoms with Gasteiger partial charge in [-0.05, 0) is 68.0 Å². The summed E-state index contributed by atoms with van der Waals surface area (Å²) in [6.07, 6.45) is 3.72. The highest BCUT2D eigenvalue weighted by Crippen LogP contribution is 2.37. The van der Waals surface area contributed by atoms with Gasteiger partial charge in [-0.1, -0.05) is 23.7 Å². The number of carbonyl (C=O) groups is 3. The van der Waals surface area contributed by atoms with Crippen molar-refractivity contribution in [3.05, 3.63) is 52.5 Å². The van der Waals surface area contributed by atoms with E-state index in [2.05, 4.69) is 10.6 Å². The minimum absolute atomic E-state index is 0.130. The predicted octanol–water partition coefficient (Wildman–Crippen LogP) is 3.91. The molecule has 1 fully saturated rings. The van der Waals surface area contributed by atoms with Crippen molar-refractivity contribution in [1.82, 2.24) is 0 Å². The highest BCUT2D eigenvalue weighted by molar-refractivity contribution is 6.44. The van der Waals surface area contributed by atoms with Crippen LogP contribution in [0.5, 0.6) is 0 Å². The summed E-state index contributed by atoms with van der Waals surface area (Å²) in [6, 6.07) is 10.6. The Morgan fingerprint density at radius 3 is 2.59 bits per heavy atom. The Bertz CT molecular complexity index is 1000. The molecule has 0 bridgehead atoms. The van der Waals surface area contributed by atoms with Gasteiger partial charge in [-0.2, -0.15) is 0 Å². The van der Waals surface area contributed by atoms with Crippen molar-refractivity contribution >= 4 is 46.4 Å². The molecule has 4 rings (SSSR count). The molecule has 0 radical (unpaired) electrons. The molecule has 2 aliphatic rings. The molecule has 0 atom stereocenters. The van der Waals surface area contributed by atoms with Crippen LogP contribution in [0.2, 0.25) is 5.02 Å². The smallest absolute Gasteiger partial charge is 0.314 e. The predicted molar refractivity (Wildman–Crippen MR) is 113 cm³/mol. The summed E-state index contributed by atoms with van der Waals surface area (Å²) in [7, 11) is 0. The fraction of sp³-hybridized carbons (Fsp3) is 0.318. The van der Waals surface area contributed by atoms with Gasteiger partial charge in [0.2, 0.25) is 5.91 Å². The number of hydrogen-bond donors (Lipinski definition) is 2. The Hall–Kier alpha value is -2.86. The van der Waals surface area contributed by atoms with Crippen molar-refractivity contribution in [1.29, 1.82) is 0 Å². The van der Waals surface area contributed by atoms with Crippen molar-refractivity contribution in [3.63, 3.8) is 0 Å². The number of carbonyl (C=O) groups excluding carboxylic acids is 3. The Morgan fingerprint density at radius 2 is 1.83 bits per heavy atom. The topological polar surface area (TPSA) is 78.5 Å². The van der Waals surface area contributed by atoms with E-state index in [-0.39, 0.29) is 11.8 Å². The third kappa shape index (κ3) is 4.12. The highest BCUT2D eigenvalue weighted by atomic mass is 35.5. The van der Waals surface area contributed by atoms with Crippen LogP contribution in [-0.4, -0.2) is 24.3 Å². The maximum absolute atomic E-state index is 12.6. The number of hydrogen-bond acceptors (Lipinski definition) is 3. The number of benzene rings is 2. The summed E-state index contributed by atoms with van der Waals surface area (Å²) < 4.78 is 0. The fourth-order valence-electron chi connectivity index (χ4n) is 3.54. The van der Waals surface area contributed by atoms with E-state index in [9.17, 15) is 14.4 Å². The monoisotopic (exact) mass is 411 g/mol. The zero-order chi connectivity index (χ0) is 20.5. The molecule has 1 saturated carbocycles. The normalized spacial score (nSPS) is 15.4. The molecular formula is C22H22ClN3O3. The van der Waals surface area contributed by atoms with Gasteiger partial charge in [0, 0.05) is 34.5 Å². The maximum atomic E-state index is 12.6. The summed E-state index contributed by atoms with van der Waals surface area (Å²) in [4.78, 5) is 39.1. The molecule has 1 aliphatic carbocycles. The van der Waals surface area contributed by atoms with E-state index < -0.39 is 11.8 Å². The van der Waals surface area contributed by atoms with Gasteiger partial charge in [0.15, 0.2) is 0 Å². The lowest BCUT2D eigenvalue weighted by atomic mass is 10.0. The first-order valence-electron chi connectivity index (χ1n) is 9.76. The highest BCUT2D eigenvalue weighted by Gasteiger charge is 2.35. The van der Waals surface area contributed by atoms with Crippen LogP contribution < -0.4 is 15.5 Å². The number of halogens is 1. The maximum Gasteiger partial charge on any atom is 0.314 e. The van der Waals surface area contributed by atoms with E-state index in [4.69, 9.17) is 11.6 Å².